The van der Waals surface area contributed by atoms with Crippen molar-refractivity contribution in [3.63, 3.8) is 0 Å². The van der Waals surface area contributed by atoms with E-state index in [2.05, 4.69) is 5.32 Å². The summed E-state index contributed by atoms with van der Waals surface area (Å²) in [6.07, 6.45) is 0.0857. The Balaban J connectivity index is 2.05. The summed E-state index contributed by atoms with van der Waals surface area (Å²) in [5.41, 5.74) is 2.21. The molecule has 0 heterocycles. The van der Waals surface area contributed by atoms with Crippen molar-refractivity contribution in [3.8, 4) is 0 Å². The summed E-state index contributed by atoms with van der Waals surface area (Å²) in [5, 5.41) is 12.3. The van der Waals surface area contributed by atoms with E-state index >= 15 is 0 Å². The number of hydrogen-bond acceptors (Lipinski definition) is 4. The van der Waals surface area contributed by atoms with Crippen LogP contribution in [0, 0.1) is 0 Å². The molecule has 2 aromatic carbocycles. The van der Waals surface area contributed by atoms with Crippen LogP contribution in [-0.2, 0) is 16.1 Å². The molecule has 5 heteroatoms. The van der Waals surface area contributed by atoms with Crippen LogP contribution in [0.15, 0.2) is 54.6 Å². The van der Waals surface area contributed by atoms with E-state index in [1.54, 1.807) is 24.3 Å². The maximum absolute atomic E-state index is 12.0. The third kappa shape index (κ3) is 6.04. The number of carbonyl (C=O) groups is 2. The van der Waals surface area contributed by atoms with Crippen molar-refractivity contribution >= 4 is 11.9 Å². The fourth-order valence-electron chi connectivity index (χ4n) is 2.48. The predicted octanol–water partition coefficient (Wildman–Crippen LogP) is 3.56. The fraction of sp³-hybridized carbons (Fsp3) is 0.300. The largest absolute Gasteiger partial charge is 0.478 e. The number of esters is 1. The maximum atomic E-state index is 12.0. The van der Waals surface area contributed by atoms with Gasteiger partial charge in [-0.15, -0.1) is 0 Å². The molecule has 0 spiro atoms. The fourth-order valence-corrected chi connectivity index (χ4v) is 2.48. The Bertz CT molecular complexity index is 695. The van der Waals surface area contributed by atoms with Gasteiger partial charge in [-0.1, -0.05) is 42.5 Å². The first kappa shape index (κ1) is 18.7. The number of benzene rings is 2. The Labute approximate surface area is 147 Å². The molecule has 5 nitrogen and oxygen atoms in total. The Morgan fingerprint density at radius 1 is 1.04 bits per heavy atom. The lowest BCUT2D eigenvalue weighted by Crippen LogP contribution is -2.25. The molecule has 1 atom stereocenters. The summed E-state index contributed by atoms with van der Waals surface area (Å²) >= 11 is 0. The van der Waals surface area contributed by atoms with E-state index in [1.165, 1.54) is 0 Å². The van der Waals surface area contributed by atoms with Crippen molar-refractivity contribution in [1.29, 1.82) is 0 Å². The van der Waals surface area contributed by atoms with Crippen LogP contribution >= 0.6 is 0 Å². The highest BCUT2D eigenvalue weighted by molar-refractivity contribution is 5.87. The zero-order chi connectivity index (χ0) is 18.2. The van der Waals surface area contributed by atoms with Gasteiger partial charge in [-0.25, -0.2) is 4.79 Å². The monoisotopic (exact) mass is 341 g/mol. The van der Waals surface area contributed by atoms with Crippen LogP contribution in [-0.4, -0.2) is 23.1 Å². The van der Waals surface area contributed by atoms with E-state index in [-0.39, 0.29) is 30.1 Å². The van der Waals surface area contributed by atoms with Crippen LogP contribution in [0.3, 0.4) is 0 Å². The first-order valence-corrected chi connectivity index (χ1v) is 8.25. The van der Waals surface area contributed by atoms with Gasteiger partial charge in [0.25, 0.3) is 0 Å². The molecule has 0 radical (unpaired) electrons. The molecular formula is C20H23NO4. The average molecular weight is 341 g/mol. The molecular weight excluding hydrogens is 318 g/mol. The van der Waals surface area contributed by atoms with Gasteiger partial charge in [-0.3, -0.25) is 4.79 Å². The van der Waals surface area contributed by atoms with Gasteiger partial charge in [0.2, 0.25) is 0 Å². The first-order chi connectivity index (χ1) is 12.0. The van der Waals surface area contributed by atoms with Crippen LogP contribution in [0.1, 0.15) is 47.8 Å². The highest BCUT2D eigenvalue weighted by Gasteiger charge is 2.17. The molecule has 0 aromatic heterocycles. The van der Waals surface area contributed by atoms with Gasteiger partial charge in [0.15, 0.2) is 0 Å². The first-order valence-electron chi connectivity index (χ1n) is 8.25. The van der Waals surface area contributed by atoms with Crippen LogP contribution in [0.2, 0.25) is 0 Å². The zero-order valence-electron chi connectivity index (χ0n) is 14.4. The molecule has 0 aliphatic rings. The van der Waals surface area contributed by atoms with Gasteiger partial charge in [-0.05, 0) is 37.1 Å². The van der Waals surface area contributed by atoms with Gasteiger partial charge in [0.05, 0.1) is 18.1 Å². The average Bonchev–Trinajstić information content (AvgIpc) is 2.59. The van der Waals surface area contributed by atoms with Crippen molar-refractivity contribution < 1.29 is 19.4 Å². The molecule has 2 rings (SSSR count). The molecule has 2 N–H and O–H groups in total. The number of aromatic carboxylic acids is 1. The second-order valence-corrected chi connectivity index (χ2v) is 6.09. The normalized spacial score (nSPS) is 12.0. The molecule has 25 heavy (non-hydrogen) atoms. The van der Waals surface area contributed by atoms with Gasteiger partial charge in [0.1, 0.15) is 0 Å². The minimum absolute atomic E-state index is 0.146. The lowest BCUT2D eigenvalue weighted by atomic mass is 10.0. The lowest BCUT2D eigenvalue weighted by Gasteiger charge is -2.19. The van der Waals surface area contributed by atoms with Crippen molar-refractivity contribution in [1.82, 2.24) is 5.32 Å². The summed E-state index contributed by atoms with van der Waals surface area (Å²) in [5.74, 6) is -1.20. The van der Waals surface area contributed by atoms with Crippen molar-refractivity contribution in [3.05, 3.63) is 71.3 Å². The molecule has 0 aliphatic carbocycles. The number of rotatable bonds is 8. The van der Waals surface area contributed by atoms with E-state index in [9.17, 15) is 9.59 Å². The molecule has 0 saturated carbocycles. The van der Waals surface area contributed by atoms with Crippen molar-refractivity contribution in [2.24, 2.45) is 0 Å². The van der Waals surface area contributed by atoms with Gasteiger partial charge >= 0.3 is 11.9 Å². The second kappa shape index (κ2) is 8.99. The Morgan fingerprint density at radius 2 is 1.68 bits per heavy atom. The number of carboxylic acid groups (broad SMARTS) is 1. The van der Waals surface area contributed by atoms with Crippen molar-refractivity contribution in [2.45, 2.75) is 39.0 Å². The SMILES string of the molecule is CC(C)OC(=O)CC(NCc1ccc(C(=O)O)cc1)c1ccccc1. The second-order valence-electron chi connectivity index (χ2n) is 6.09. The lowest BCUT2D eigenvalue weighted by molar-refractivity contribution is -0.148. The summed E-state index contributed by atoms with van der Waals surface area (Å²) in [6, 6.07) is 16.2. The van der Waals surface area contributed by atoms with E-state index in [0.717, 1.165) is 11.1 Å². The van der Waals surface area contributed by atoms with Crippen LogP contribution in [0.4, 0.5) is 0 Å². The maximum Gasteiger partial charge on any atom is 0.335 e. The number of carbonyl (C=O) groups excluding carboxylic acids is 1. The van der Waals surface area contributed by atoms with E-state index < -0.39 is 5.97 Å². The van der Waals surface area contributed by atoms with Gasteiger partial charge < -0.3 is 15.2 Å². The summed E-state index contributed by atoms with van der Waals surface area (Å²) in [6.45, 7) is 4.17. The number of nitrogens with one attached hydrogen (secondary N) is 1. The quantitative estimate of drug-likeness (QED) is 0.718. The Kier molecular flexibility index (Phi) is 6.71. The third-order valence-electron chi connectivity index (χ3n) is 3.69. The molecule has 0 aliphatic heterocycles. The van der Waals surface area contributed by atoms with E-state index in [0.29, 0.717) is 6.54 Å². The highest BCUT2D eigenvalue weighted by Crippen LogP contribution is 2.18. The summed E-state index contributed by atoms with van der Waals surface area (Å²) < 4.78 is 5.25. The molecule has 0 saturated heterocycles. The standard InChI is InChI=1S/C20H23NO4/c1-14(2)25-19(22)12-18(16-6-4-3-5-7-16)21-13-15-8-10-17(11-9-15)20(23)24/h3-11,14,18,21H,12-13H2,1-2H3,(H,23,24). The Hall–Kier alpha value is -2.66. The predicted molar refractivity (Wildman–Crippen MR) is 95.3 cm³/mol. The smallest absolute Gasteiger partial charge is 0.335 e. The summed E-state index contributed by atoms with van der Waals surface area (Å²) in [4.78, 5) is 22.9. The topological polar surface area (TPSA) is 75.6 Å². The van der Waals surface area contributed by atoms with Crippen LogP contribution in [0.25, 0.3) is 0 Å². The Morgan fingerprint density at radius 3 is 2.24 bits per heavy atom. The summed E-state index contributed by atoms with van der Waals surface area (Å²) in [7, 11) is 0. The minimum atomic E-state index is -0.946. The van der Waals surface area contributed by atoms with Crippen molar-refractivity contribution in [2.75, 3.05) is 0 Å². The molecule has 0 bridgehead atoms. The van der Waals surface area contributed by atoms with E-state index in [1.807, 2.05) is 44.2 Å². The molecule has 0 fully saturated rings. The third-order valence-corrected chi connectivity index (χ3v) is 3.69. The molecule has 0 amide bonds. The zero-order valence-corrected chi connectivity index (χ0v) is 14.4. The minimum Gasteiger partial charge on any atom is -0.478 e. The van der Waals surface area contributed by atoms with Gasteiger partial charge in [-0.2, -0.15) is 0 Å². The van der Waals surface area contributed by atoms with E-state index in [4.69, 9.17) is 9.84 Å². The van der Waals surface area contributed by atoms with Gasteiger partial charge in [0, 0.05) is 12.6 Å². The number of hydrogen-bond donors (Lipinski definition) is 2. The highest BCUT2D eigenvalue weighted by atomic mass is 16.5. The number of ether oxygens (including phenoxy) is 1. The molecule has 1 unspecified atom stereocenters. The molecule has 2 aromatic rings. The van der Waals surface area contributed by atoms with Crippen LogP contribution in [0.5, 0.6) is 0 Å². The molecule has 132 valence electrons. The van der Waals surface area contributed by atoms with Crippen LogP contribution < -0.4 is 5.32 Å². The number of carboxylic acids is 1.